The van der Waals surface area contributed by atoms with Crippen molar-refractivity contribution in [3.63, 3.8) is 0 Å². The number of nitrogens with one attached hydrogen (secondary N) is 3. The van der Waals surface area contributed by atoms with Crippen molar-refractivity contribution < 1.29 is 18.3 Å². The number of rotatable bonds is 9. The number of urea groups is 1. The van der Waals surface area contributed by atoms with Gasteiger partial charge in [-0.2, -0.15) is 8.78 Å². The first-order chi connectivity index (χ1) is 19.6. The Bertz CT molecular complexity index is 1610. The maximum absolute atomic E-state index is 13.2. The molecule has 0 aliphatic heterocycles. The van der Waals surface area contributed by atoms with E-state index >= 15 is 0 Å². The van der Waals surface area contributed by atoms with E-state index in [0.29, 0.717) is 63.0 Å². The Labute approximate surface area is 240 Å². The zero-order valence-corrected chi connectivity index (χ0v) is 23.9. The van der Waals surface area contributed by atoms with Crippen LogP contribution in [0.2, 0.25) is 0 Å². The molecule has 2 amide bonds. The molecule has 1 fully saturated rings. The van der Waals surface area contributed by atoms with Gasteiger partial charge in [-0.25, -0.2) is 14.3 Å². The summed E-state index contributed by atoms with van der Waals surface area (Å²) in [5.74, 6) is 1.85. The van der Waals surface area contributed by atoms with E-state index in [1.54, 1.807) is 34.8 Å². The molecule has 41 heavy (non-hydrogen) atoms. The normalized spacial score (nSPS) is 14.0. The maximum Gasteiger partial charge on any atom is 0.323 e. The number of halogens is 2. The van der Waals surface area contributed by atoms with Crippen LogP contribution in [0.3, 0.4) is 0 Å². The van der Waals surface area contributed by atoms with Crippen molar-refractivity contribution in [1.29, 1.82) is 0 Å². The minimum absolute atomic E-state index is 0.247. The highest BCUT2D eigenvalue weighted by Crippen LogP contribution is 2.36. The van der Waals surface area contributed by atoms with Crippen LogP contribution in [0.15, 0.2) is 52.2 Å². The lowest BCUT2D eigenvalue weighted by Crippen LogP contribution is -2.19. The van der Waals surface area contributed by atoms with Gasteiger partial charge >= 0.3 is 6.03 Å². The van der Waals surface area contributed by atoms with E-state index in [0.717, 1.165) is 44.9 Å². The van der Waals surface area contributed by atoms with Gasteiger partial charge in [-0.3, -0.25) is 4.79 Å². The van der Waals surface area contributed by atoms with Gasteiger partial charge in [-0.15, -0.1) is 5.10 Å². The number of H-pyrrole nitrogens is 1. The van der Waals surface area contributed by atoms with Gasteiger partial charge in [0, 0.05) is 29.1 Å². The van der Waals surface area contributed by atoms with Crippen molar-refractivity contribution in [2.75, 3.05) is 17.2 Å². The molecule has 0 bridgehead atoms. The number of thioether (sulfide) groups is 1. The lowest BCUT2D eigenvalue weighted by atomic mass is 10.1. The van der Waals surface area contributed by atoms with Crippen LogP contribution < -0.4 is 20.9 Å². The molecule has 0 saturated heterocycles. The number of aromatic amines is 1. The Kier molecular flexibility index (Phi) is 8.30. The molecule has 1 saturated carbocycles. The minimum Gasteiger partial charge on any atom is -0.493 e. The van der Waals surface area contributed by atoms with Crippen molar-refractivity contribution in [3.05, 3.63) is 64.3 Å². The highest BCUT2D eigenvalue weighted by atomic mass is 32.2. The summed E-state index contributed by atoms with van der Waals surface area (Å²) in [6, 6.07) is 10.7. The Morgan fingerprint density at radius 2 is 1.83 bits per heavy atom. The summed E-state index contributed by atoms with van der Waals surface area (Å²) >= 11 is 0.438. The van der Waals surface area contributed by atoms with Crippen LogP contribution in [0, 0.1) is 6.92 Å². The molecular formula is C29H32F2N6O3S. The third kappa shape index (κ3) is 6.70. The molecule has 4 aromatic rings. The van der Waals surface area contributed by atoms with E-state index in [1.807, 2.05) is 13.8 Å². The van der Waals surface area contributed by atoms with E-state index in [-0.39, 0.29) is 11.5 Å². The predicted molar refractivity (Wildman–Crippen MR) is 156 cm³/mol. The number of hydrogen-bond acceptors (Lipinski definition) is 6. The number of anilines is 2. The second-order valence-electron chi connectivity index (χ2n) is 10.2. The van der Waals surface area contributed by atoms with Gasteiger partial charge in [-0.05, 0) is 68.7 Å². The summed E-state index contributed by atoms with van der Waals surface area (Å²) in [6.45, 7) is 5.10. The molecule has 0 radical (unpaired) electrons. The first-order valence-electron chi connectivity index (χ1n) is 13.6. The first-order valence-corrected chi connectivity index (χ1v) is 14.4. The highest BCUT2D eigenvalue weighted by molar-refractivity contribution is 8.00. The number of alkyl halides is 2. The monoisotopic (exact) mass is 582 g/mol. The summed E-state index contributed by atoms with van der Waals surface area (Å²) < 4.78 is 34.1. The Balaban J connectivity index is 1.43. The van der Waals surface area contributed by atoms with Gasteiger partial charge in [0.15, 0.2) is 11.3 Å². The first kappa shape index (κ1) is 28.6. The number of fused-ring (bicyclic) bond motifs is 1. The fraction of sp³-hybridized carbons (Fsp3) is 0.379. The summed E-state index contributed by atoms with van der Waals surface area (Å²) in [5, 5.41) is 7.38. The van der Waals surface area contributed by atoms with E-state index in [9.17, 15) is 18.4 Å². The van der Waals surface area contributed by atoms with Gasteiger partial charge in [0.25, 0.3) is 10.8 Å². The number of aryl methyl sites for hydroxylation is 1. The van der Waals surface area contributed by atoms with Crippen molar-refractivity contribution >= 4 is 34.7 Å². The lowest BCUT2D eigenvalue weighted by Gasteiger charge is -2.14. The number of imidazole rings is 1. The molecule has 2 aromatic heterocycles. The number of ether oxygens (including phenoxy) is 1. The zero-order valence-electron chi connectivity index (χ0n) is 23.1. The zero-order chi connectivity index (χ0) is 29.1. The molecular weight excluding hydrogens is 550 g/mol. The molecule has 12 heteroatoms. The second-order valence-corrected chi connectivity index (χ2v) is 11.6. The SMILES string of the molecule is CCCOc1ccc(NC(=O)Nc2ccc(SC(C)(F)F)cc2)cc1-c1nn2c(C3CCCC3)nc(C)c2c(=O)[nH]1. The molecule has 5 rings (SSSR count). The van der Waals surface area contributed by atoms with Crippen LogP contribution >= 0.6 is 11.8 Å². The fourth-order valence-corrected chi connectivity index (χ4v) is 5.69. The minimum atomic E-state index is -2.89. The molecule has 216 valence electrons. The Hall–Kier alpha value is -3.93. The highest BCUT2D eigenvalue weighted by Gasteiger charge is 2.26. The van der Waals surface area contributed by atoms with Crippen LogP contribution in [-0.4, -0.2) is 37.5 Å². The molecule has 2 heterocycles. The molecule has 0 atom stereocenters. The number of nitrogens with zero attached hydrogens (tertiary/aromatic N) is 3. The standard InChI is InChI=1S/C29H32F2N6O3S/c1-4-15-40-23-14-11-20(34-28(39)33-19-9-12-21(13-10-19)41-29(3,30)31)16-22(23)25-35-27(38)24-17(2)32-26(37(24)36-25)18-7-5-6-8-18/h9-14,16,18H,4-8,15H2,1-3H3,(H2,33,34,39)(H,35,36,38). The van der Waals surface area contributed by atoms with E-state index in [4.69, 9.17) is 14.8 Å². The van der Waals surface area contributed by atoms with Crippen LogP contribution in [0.1, 0.15) is 63.4 Å². The molecule has 2 aromatic carbocycles. The molecule has 3 N–H and O–H groups in total. The summed E-state index contributed by atoms with van der Waals surface area (Å²) in [7, 11) is 0. The molecule has 9 nitrogen and oxygen atoms in total. The molecule has 1 aliphatic carbocycles. The molecule has 0 unspecified atom stereocenters. The fourth-order valence-electron chi connectivity index (χ4n) is 5.00. The van der Waals surface area contributed by atoms with Gasteiger partial charge in [0.2, 0.25) is 0 Å². The van der Waals surface area contributed by atoms with E-state index in [1.165, 1.54) is 12.1 Å². The quantitative estimate of drug-likeness (QED) is 0.180. The summed E-state index contributed by atoms with van der Waals surface area (Å²) in [6.07, 6.45) is 5.04. The van der Waals surface area contributed by atoms with Crippen molar-refractivity contribution in [1.82, 2.24) is 19.6 Å². The van der Waals surface area contributed by atoms with Crippen LogP contribution in [-0.2, 0) is 0 Å². The third-order valence-electron chi connectivity index (χ3n) is 6.78. The number of amides is 2. The van der Waals surface area contributed by atoms with Crippen molar-refractivity contribution in [3.8, 4) is 17.1 Å². The summed E-state index contributed by atoms with van der Waals surface area (Å²) in [4.78, 5) is 33.9. The average Bonchev–Trinajstić information content (AvgIpc) is 3.56. The number of benzene rings is 2. The predicted octanol–water partition coefficient (Wildman–Crippen LogP) is 7.19. The van der Waals surface area contributed by atoms with E-state index < -0.39 is 11.3 Å². The number of carbonyl (C=O) groups is 1. The van der Waals surface area contributed by atoms with Crippen LogP contribution in [0.25, 0.3) is 16.9 Å². The van der Waals surface area contributed by atoms with Crippen LogP contribution in [0.5, 0.6) is 5.75 Å². The van der Waals surface area contributed by atoms with Crippen molar-refractivity contribution in [2.45, 2.75) is 68.9 Å². The number of aromatic nitrogens is 4. The number of carbonyl (C=O) groups excluding carboxylic acids is 1. The van der Waals surface area contributed by atoms with Gasteiger partial charge in [0.05, 0.1) is 17.9 Å². The van der Waals surface area contributed by atoms with Crippen LogP contribution in [0.4, 0.5) is 25.0 Å². The topological polar surface area (TPSA) is 113 Å². The third-order valence-corrected chi connectivity index (χ3v) is 7.65. The van der Waals surface area contributed by atoms with Gasteiger partial charge in [-0.1, -0.05) is 31.5 Å². The molecule has 1 aliphatic rings. The molecule has 0 spiro atoms. The smallest absolute Gasteiger partial charge is 0.323 e. The average molecular weight is 583 g/mol. The van der Waals surface area contributed by atoms with Crippen molar-refractivity contribution in [2.24, 2.45) is 0 Å². The lowest BCUT2D eigenvalue weighted by molar-refractivity contribution is 0.129. The Morgan fingerprint density at radius 3 is 2.51 bits per heavy atom. The maximum atomic E-state index is 13.2. The largest absolute Gasteiger partial charge is 0.493 e. The second kappa shape index (κ2) is 11.9. The van der Waals surface area contributed by atoms with Gasteiger partial charge < -0.3 is 20.4 Å². The van der Waals surface area contributed by atoms with E-state index in [2.05, 4.69) is 15.6 Å². The summed E-state index contributed by atoms with van der Waals surface area (Å²) in [5.41, 5.74) is 2.16. The Morgan fingerprint density at radius 1 is 1.15 bits per heavy atom. The number of hydrogen-bond donors (Lipinski definition) is 3. The van der Waals surface area contributed by atoms with Gasteiger partial charge in [0.1, 0.15) is 11.6 Å².